The number of hydrogen-bond acceptors (Lipinski definition) is 3. The first-order chi connectivity index (χ1) is 12.1. The number of esters is 1. The molecule has 2 aromatic rings. The molecule has 132 valence electrons. The van der Waals surface area contributed by atoms with Crippen molar-refractivity contribution in [3.05, 3.63) is 60.7 Å². The average Bonchev–Trinajstić information content (AvgIpc) is 2.62. The molecule has 0 fully saturated rings. The maximum atomic E-state index is 11.6. The smallest absolute Gasteiger partial charge is 0.338 e. The fraction of sp³-hybridized carbons (Fsp3) is 0.318. The summed E-state index contributed by atoms with van der Waals surface area (Å²) < 4.78 is 11.2. The number of carbonyl (C=O) groups is 1. The molecule has 0 unspecified atom stereocenters. The van der Waals surface area contributed by atoms with E-state index < -0.39 is 5.97 Å². The van der Waals surface area contributed by atoms with E-state index in [0.717, 1.165) is 29.9 Å². The molecule has 0 atom stereocenters. The van der Waals surface area contributed by atoms with Gasteiger partial charge in [-0.05, 0) is 37.1 Å². The highest BCUT2D eigenvalue weighted by atomic mass is 16.5. The van der Waals surface area contributed by atoms with Crippen LogP contribution in [-0.4, -0.2) is 12.6 Å². The average molecular weight is 338 g/mol. The third-order valence-corrected chi connectivity index (χ3v) is 3.87. The van der Waals surface area contributed by atoms with Crippen LogP contribution in [0.4, 0.5) is 0 Å². The number of carbonyl (C=O) groups excluding carboxylic acids is 1. The molecule has 0 saturated heterocycles. The summed E-state index contributed by atoms with van der Waals surface area (Å²) in [6.07, 6.45) is 4.73. The molecule has 0 spiro atoms. The zero-order chi connectivity index (χ0) is 18.1. The van der Waals surface area contributed by atoms with Crippen molar-refractivity contribution >= 4 is 5.97 Å². The zero-order valence-electron chi connectivity index (χ0n) is 15.1. The molecule has 0 N–H and O–H groups in total. The lowest BCUT2D eigenvalue weighted by Gasteiger charge is -2.12. The van der Waals surface area contributed by atoms with Gasteiger partial charge in [-0.3, -0.25) is 0 Å². The van der Waals surface area contributed by atoms with Gasteiger partial charge >= 0.3 is 5.97 Å². The molecule has 25 heavy (non-hydrogen) atoms. The first-order valence-electron chi connectivity index (χ1n) is 8.81. The first-order valence-corrected chi connectivity index (χ1v) is 8.81. The predicted molar refractivity (Wildman–Crippen MR) is 102 cm³/mol. The lowest BCUT2D eigenvalue weighted by atomic mass is 10.0. The lowest BCUT2D eigenvalue weighted by molar-refractivity contribution is -0.130. The topological polar surface area (TPSA) is 35.5 Å². The Balaban J connectivity index is 2.05. The molecule has 0 aliphatic carbocycles. The van der Waals surface area contributed by atoms with Gasteiger partial charge < -0.3 is 9.47 Å². The van der Waals surface area contributed by atoms with Gasteiger partial charge in [0.1, 0.15) is 11.5 Å². The fourth-order valence-electron chi connectivity index (χ4n) is 2.44. The number of unbranched alkanes of at least 4 members (excludes halogenated alkanes) is 3. The number of rotatable bonds is 9. The van der Waals surface area contributed by atoms with E-state index in [9.17, 15) is 4.79 Å². The molecule has 2 rings (SSSR count). The molecule has 0 aliphatic rings. The van der Waals surface area contributed by atoms with Crippen molar-refractivity contribution in [2.75, 3.05) is 6.61 Å². The van der Waals surface area contributed by atoms with Crippen LogP contribution in [0.25, 0.3) is 11.1 Å². The van der Waals surface area contributed by atoms with E-state index in [2.05, 4.69) is 13.5 Å². The van der Waals surface area contributed by atoms with Crippen LogP contribution in [0.5, 0.6) is 11.5 Å². The maximum Gasteiger partial charge on any atom is 0.338 e. The van der Waals surface area contributed by atoms with Crippen LogP contribution in [0.3, 0.4) is 0 Å². The highest BCUT2D eigenvalue weighted by Gasteiger charge is 2.08. The maximum absolute atomic E-state index is 11.6. The lowest BCUT2D eigenvalue weighted by Crippen LogP contribution is -2.07. The summed E-state index contributed by atoms with van der Waals surface area (Å²) in [5, 5.41) is 0. The summed E-state index contributed by atoms with van der Waals surface area (Å²) in [6.45, 7) is 8.14. The van der Waals surface area contributed by atoms with Crippen molar-refractivity contribution in [1.82, 2.24) is 0 Å². The van der Waals surface area contributed by atoms with Crippen LogP contribution in [0.1, 0.15) is 39.5 Å². The Morgan fingerprint density at radius 1 is 1.00 bits per heavy atom. The van der Waals surface area contributed by atoms with Crippen LogP contribution in [0.2, 0.25) is 0 Å². The summed E-state index contributed by atoms with van der Waals surface area (Å²) in [5.74, 6) is 0.976. The van der Waals surface area contributed by atoms with Gasteiger partial charge in [0.2, 0.25) is 0 Å². The second kappa shape index (κ2) is 9.67. The molecule has 0 saturated carbocycles. The molecular formula is C22H26O3. The quantitative estimate of drug-likeness (QED) is 0.251. The minimum atomic E-state index is -0.413. The third kappa shape index (κ3) is 5.79. The molecule has 0 heterocycles. The van der Waals surface area contributed by atoms with Gasteiger partial charge in [0.05, 0.1) is 6.61 Å². The standard InChI is InChI=1S/C22H26O3/c1-4-5-6-9-16-24-21-11-8-7-10-20(21)18-12-14-19(15-13-18)25-22(23)17(2)3/h7-8,10-15H,2,4-6,9,16H2,1,3H3. The van der Waals surface area contributed by atoms with Crippen molar-refractivity contribution in [1.29, 1.82) is 0 Å². The normalized spacial score (nSPS) is 10.3. The molecule has 2 aromatic carbocycles. The van der Waals surface area contributed by atoms with E-state index >= 15 is 0 Å². The summed E-state index contributed by atoms with van der Waals surface area (Å²) >= 11 is 0. The van der Waals surface area contributed by atoms with Crippen LogP contribution in [-0.2, 0) is 4.79 Å². The van der Waals surface area contributed by atoms with E-state index in [0.29, 0.717) is 11.3 Å². The first kappa shape index (κ1) is 18.8. The summed E-state index contributed by atoms with van der Waals surface area (Å²) in [4.78, 5) is 11.6. The van der Waals surface area contributed by atoms with Crippen molar-refractivity contribution in [2.45, 2.75) is 39.5 Å². The molecular weight excluding hydrogens is 312 g/mol. The van der Waals surface area contributed by atoms with E-state index in [1.807, 2.05) is 36.4 Å². The van der Waals surface area contributed by atoms with Crippen LogP contribution >= 0.6 is 0 Å². The van der Waals surface area contributed by atoms with Crippen molar-refractivity contribution in [2.24, 2.45) is 0 Å². The molecule has 3 nitrogen and oxygen atoms in total. The number of para-hydroxylation sites is 1. The van der Waals surface area contributed by atoms with Crippen LogP contribution < -0.4 is 9.47 Å². The van der Waals surface area contributed by atoms with Crippen molar-refractivity contribution < 1.29 is 14.3 Å². The second-order valence-electron chi connectivity index (χ2n) is 6.10. The Hall–Kier alpha value is -2.55. The fourth-order valence-corrected chi connectivity index (χ4v) is 2.44. The van der Waals surface area contributed by atoms with Gasteiger partial charge in [0, 0.05) is 11.1 Å². The Bertz CT molecular complexity index is 701. The summed E-state index contributed by atoms with van der Waals surface area (Å²) in [7, 11) is 0. The molecule has 0 amide bonds. The highest BCUT2D eigenvalue weighted by molar-refractivity contribution is 5.88. The van der Waals surface area contributed by atoms with Gasteiger partial charge in [0.15, 0.2) is 0 Å². The van der Waals surface area contributed by atoms with Gasteiger partial charge in [-0.15, -0.1) is 0 Å². The largest absolute Gasteiger partial charge is 0.493 e. The molecule has 0 aromatic heterocycles. The summed E-state index contributed by atoms with van der Waals surface area (Å²) in [6, 6.07) is 15.4. The monoisotopic (exact) mass is 338 g/mol. The zero-order valence-corrected chi connectivity index (χ0v) is 15.1. The van der Waals surface area contributed by atoms with E-state index in [1.165, 1.54) is 19.3 Å². The Labute approximate surface area is 150 Å². The van der Waals surface area contributed by atoms with Gasteiger partial charge in [-0.25, -0.2) is 4.79 Å². The highest BCUT2D eigenvalue weighted by Crippen LogP contribution is 2.31. The van der Waals surface area contributed by atoms with Crippen molar-refractivity contribution in [3.8, 4) is 22.6 Å². The number of hydrogen-bond donors (Lipinski definition) is 0. The minimum Gasteiger partial charge on any atom is -0.493 e. The van der Waals surface area contributed by atoms with E-state index in [1.54, 1.807) is 19.1 Å². The van der Waals surface area contributed by atoms with E-state index in [4.69, 9.17) is 9.47 Å². The van der Waals surface area contributed by atoms with Crippen molar-refractivity contribution in [3.63, 3.8) is 0 Å². The van der Waals surface area contributed by atoms with Crippen LogP contribution in [0.15, 0.2) is 60.7 Å². The van der Waals surface area contributed by atoms with Gasteiger partial charge in [0.25, 0.3) is 0 Å². The predicted octanol–water partition coefficient (Wildman–Crippen LogP) is 5.79. The Morgan fingerprint density at radius 3 is 2.40 bits per heavy atom. The number of ether oxygens (including phenoxy) is 2. The molecule has 0 radical (unpaired) electrons. The summed E-state index contributed by atoms with van der Waals surface area (Å²) in [5.41, 5.74) is 2.45. The second-order valence-corrected chi connectivity index (χ2v) is 6.10. The third-order valence-electron chi connectivity index (χ3n) is 3.87. The Kier molecular flexibility index (Phi) is 7.27. The molecule has 0 bridgehead atoms. The van der Waals surface area contributed by atoms with E-state index in [-0.39, 0.29) is 0 Å². The minimum absolute atomic E-state index is 0.380. The number of benzene rings is 2. The van der Waals surface area contributed by atoms with Crippen LogP contribution in [0, 0.1) is 0 Å². The molecule has 3 heteroatoms. The van der Waals surface area contributed by atoms with Gasteiger partial charge in [-0.1, -0.05) is 63.1 Å². The van der Waals surface area contributed by atoms with Gasteiger partial charge in [-0.2, -0.15) is 0 Å². The SMILES string of the molecule is C=C(C)C(=O)Oc1ccc(-c2ccccc2OCCCCCC)cc1. The molecule has 0 aliphatic heterocycles. The Morgan fingerprint density at radius 2 is 1.72 bits per heavy atom.